The third-order valence-corrected chi connectivity index (χ3v) is 5.30. The maximum atomic E-state index is 13.3. The van der Waals surface area contributed by atoms with E-state index in [1.165, 1.54) is 12.1 Å². The average molecular weight is 367 g/mol. The minimum absolute atomic E-state index is 0.0973. The highest BCUT2D eigenvalue weighted by atomic mass is 19.4. The Balaban J connectivity index is 1.68. The number of likely N-dealkylation sites (tertiary alicyclic amines) is 1. The van der Waals surface area contributed by atoms with Crippen LogP contribution in [-0.4, -0.2) is 39.5 Å². The van der Waals surface area contributed by atoms with Gasteiger partial charge in [-0.05, 0) is 49.4 Å². The van der Waals surface area contributed by atoms with Gasteiger partial charge in [0.05, 0.1) is 11.8 Å². The molecule has 1 aliphatic rings. The second kappa shape index (κ2) is 7.40. The van der Waals surface area contributed by atoms with Crippen LogP contribution in [0.1, 0.15) is 29.5 Å². The molecule has 2 aromatic rings. The second-order valence-corrected chi connectivity index (χ2v) is 7.29. The van der Waals surface area contributed by atoms with E-state index in [1.807, 2.05) is 19.4 Å². The molecule has 1 N–H and O–H groups in total. The number of aliphatic hydroxyl groups is 1. The number of aliphatic hydroxyl groups excluding tert-OH is 1. The van der Waals surface area contributed by atoms with Crippen molar-refractivity contribution >= 4 is 0 Å². The monoisotopic (exact) mass is 367 g/mol. The molecule has 0 amide bonds. The molecule has 0 saturated carbocycles. The molecular weight excluding hydrogens is 343 g/mol. The molecule has 0 atom stereocenters. The van der Waals surface area contributed by atoms with Crippen molar-refractivity contribution in [1.82, 2.24) is 14.7 Å². The third-order valence-electron chi connectivity index (χ3n) is 5.30. The maximum Gasteiger partial charge on any atom is 0.416 e. The Hall–Kier alpha value is -1.86. The first kappa shape index (κ1) is 18.9. The number of rotatable bonds is 5. The Labute approximate surface area is 151 Å². The lowest BCUT2D eigenvalue weighted by Crippen LogP contribution is -2.43. The van der Waals surface area contributed by atoms with Crippen molar-refractivity contribution in [2.45, 2.75) is 32.0 Å². The van der Waals surface area contributed by atoms with Crippen molar-refractivity contribution < 1.29 is 18.3 Å². The van der Waals surface area contributed by atoms with E-state index < -0.39 is 17.2 Å². The van der Waals surface area contributed by atoms with Gasteiger partial charge in [-0.2, -0.15) is 18.3 Å². The largest absolute Gasteiger partial charge is 0.416 e. The summed E-state index contributed by atoms with van der Waals surface area (Å²) in [6.07, 6.45) is 1.03. The normalized spacial score (nSPS) is 18.2. The molecule has 1 fully saturated rings. The van der Waals surface area contributed by atoms with Crippen molar-refractivity contribution in [2.75, 3.05) is 19.7 Å². The standard InChI is InChI=1S/C19H24F3N3O/c1-24-12-15(11-23-24)13-25-8-6-18(14-26,7-9-25)10-16-4-2-3-5-17(16)19(20,21)22/h2-5,11-12,26H,6-10,13-14H2,1H3. The van der Waals surface area contributed by atoms with Crippen molar-refractivity contribution in [3.63, 3.8) is 0 Å². The molecule has 4 nitrogen and oxygen atoms in total. The summed E-state index contributed by atoms with van der Waals surface area (Å²) < 4.78 is 41.5. The van der Waals surface area contributed by atoms with Gasteiger partial charge in [-0.1, -0.05) is 18.2 Å². The highest BCUT2D eigenvalue weighted by Crippen LogP contribution is 2.39. The Morgan fingerprint density at radius 1 is 1.19 bits per heavy atom. The predicted octanol–water partition coefficient (Wildman–Crippen LogP) is 3.26. The van der Waals surface area contributed by atoms with E-state index in [0.29, 0.717) is 12.8 Å². The minimum atomic E-state index is -4.37. The van der Waals surface area contributed by atoms with Gasteiger partial charge in [0.2, 0.25) is 0 Å². The number of aryl methyl sites for hydroxylation is 1. The summed E-state index contributed by atoms with van der Waals surface area (Å²) in [4.78, 5) is 2.26. The fraction of sp³-hybridized carbons (Fsp3) is 0.526. The molecule has 0 aliphatic carbocycles. The van der Waals surface area contributed by atoms with Gasteiger partial charge in [-0.15, -0.1) is 0 Å². The molecular formula is C19H24F3N3O. The van der Waals surface area contributed by atoms with Crippen molar-refractivity contribution in [2.24, 2.45) is 12.5 Å². The summed E-state index contributed by atoms with van der Waals surface area (Å²) >= 11 is 0. The fourth-order valence-corrected chi connectivity index (χ4v) is 3.74. The molecule has 7 heteroatoms. The van der Waals surface area contributed by atoms with Crippen molar-refractivity contribution in [3.8, 4) is 0 Å². The topological polar surface area (TPSA) is 41.3 Å². The van der Waals surface area contributed by atoms with E-state index in [9.17, 15) is 18.3 Å². The summed E-state index contributed by atoms with van der Waals surface area (Å²) in [5, 5.41) is 14.1. The summed E-state index contributed by atoms with van der Waals surface area (Å²) in [5.41, 5.74) is 0.305. The second-order valence-electron chi connectivity index (χ2n) is 7.29. The SMILES string of the molecule is Cn1cc(CN2CCC(CO)(Cc3ccccc3C(F)(F)F)CC2)cn1. The third kappa shape index (κ3) is 4.27. The smallest absolute Gasteiger partial charge is 0.396 e. The zero-order chi connectivity index (χ0) is 18.8. The average Bonchev–Trinajstić information content (AvgIpc) is 3.01. The number of alkyl halides is 3. The van der Waals surface area contributed by atoms with Gasteiger partial charge in [-0.3, -0.25) is 9.58 Å². The Morgan fingerprint density at radius 3 is 2.46 bits per heavy atom. The molecule has 142 valence electrons. The van der Waals surface area contributed by atoms with E-state index in [0.717, 1.165) is 31.3 Å². The van der Waals surface area contributed by atoms with E-state index >= 15 is 0 Å². The predicted molar refractivity (Wildman–Crippen MR) is 92.4 cm³/mol. The maximum absolute atomic E-state index is 13.3. The van der Waals surface area contributed by atoms with Crippen LogP contribution in [0.3, 0.4) is 0 Å². The molecule has 1 saturated heterocycles. The number of nitrogens with zero attached hydrogens (tertiary/aromatic N) is 3. The van der Waals surface area contributed by atoms with Crippen LogP contribution in [-0.2, 0) is 26.2 Å². The molecule has 1 aromatic heterocycles. The van der Waals surface area contributed by atoms with Gasteiger partial charge in [0, 0.05) is 32.0 Å². The van der Waals surface area contributed by atoms with Gasteiger partial charge in [0.25, 0.3) is 0 Å². The number of piperidine rings is 1. The molecule has 0 radical (unpaired) electrons. The van der Waals surface area contributed by atoms with Gasteiger partial charge in [-0.25, -0.2) is 0 Å². The molecule has 1 aromatic carbocycles. The van der Waals surface area contributed by atoms with Gasteiger partial charge < -0.3 is 5.11 Å². The van der Waals surface area contributed by atoms with E-state index in [2.05, 4.69) is 10.00 Å². The summed E-state index contributed by atoms with van der Waals surface area (Å²) in [5.74, 6) is 0. The van der Waals surface area contributed by atoms with Crippen molar-refractivity contribution in [3.05, 3.63) is 53.3 Å². The molecule has 26 heavy (non-hydrogen) atoms. The number of halogens is 3. The van der Waals surface area contributed by atoms with Crippen LogP contribution in [0.15, 0.2) is 36.7 Å². The lowest BCUT2D eigenvalue weighted by atomic mass is 9.73. The van der Waals surface area contributed by atoms with Crippen LogP contribution in [0.4, 0.5) is 13.2 Å². The first-order valence-corrected chi connectivity index (χ1v) is 8.77. The van der Waals surface area contributed by atoms with Crippen LogP contribution in [0, 0.1) is 5.41 Å². The van der Waals surface area contributed by atoms with Crippen molar-refractivity contribution in [1.29, 1.82) is 0 Å². The number of hydrogen-bond acceptors (Lipinski definition) is 3. The molecule has 1 aliphatic heterocycles. The van der Waals surface area contributed by atoms with Crippen LogP contribution < -0.4 is 0 Å². The molecule has 3 rings (SSSR count). The van der Waals surface area contributed by atoms with Crippen LogP contribution in [0.5, 0.6) is 0 Å². The van der Waals surface area contributed by atoms with Gasteiger partial charge >= 0.3 is 6.18 Å². The summed E-state index contributed by atoms with van der Waals surface area (Å²) in [6.45, 7) is 2.18. The Bertz CT molecular complexity index is 734. The van der Waals surface area contributed by atoms with E-state index in [4.69, 9.17) is 0 Å². The zero-order valence-electron chi connectivity index (χ0n) is 14.8. The minimum Gasteiger partial charge on any atom is -0.396 e. The van der Waals surface area contributed by atoms with Crippen LogP contribution >= 0.6 is 0 Å². The number of aromatic nitrogens is 2. The highest BCUT2D eigenvalue weighted by molar-refractivity contribution is 5.31. The lowest BCUT2D eigenvalue weighted by Gasteiger charge is -2.41. The molecule has 0 bridgehead atoms. The molecule has 0 unspecified atom stereocenters. The van der Waals surface area contributed by atoms with Crippen LogP contribution in [0.25, 0.3) is 0 Å². The van der Waals surface area contributed by atoms with E-state index in [1.54, 1.807) is 10.7 Å². The highest BCUT2D eigenvalue weighted by Gasteiger charge is 2.38. The zero-order valence-corrected chi connectivity index (χ0v) is 14.8. The first-order valence-electron chi connectivity index (χ1n) is 8.77. The van der Waals surface area contributed by atoms with Crippen LogP contribution in [0.2, 0.25) is 0 Å². The van der Waals surface area contributed by atoms with E-state index in [-0.39, 0.29) is 18.6 Å². The number of benzene rings is 1. The molecule has 2 heterocycles. The fourth-order valence-electron chi connectivity index (χ4n) is 3.74. The first-order chi connectivity index (χ1) is 12.3. The summed E-state index contributed by atoms with van der Waals surface area (Å²) in [7, 11) is 1.87. The Morgan fingerprint density at radius 2 is 1.88 bits per heavy atom. The summed E-state index contributed by atoms with van der Waals surface area (Å²) in [6, 6.07) is 5.70. The van der Waals surface area contributed by atoms with Gasteiger partial charge in [0.15, 0.2) is 0 Å². The molecule has 0 spiro atoms. The lowest BCUT2D eigenvalue weighted by molar-refractivity contribution is -0.138. The quantitative estimate of drug-likeness (QED) is 0.882. The Kier molecular flexibility index (Phi) is 5.39. The number of hydrogen-bond donors (Lipinski definition) is 1. The van der Waals surface area contributed by atoms with Gasteiger partial charge in [0.1, 0.15) is 0 Å².